The first-order valence-corrected chi connectivity index (χ1v) is 10.2. The highest BCUT2D eigenvalue weighted by Gasteiger charge is 2.52. The average molecular weight is 406 g/mol. The Morgan fingerprint density at radius 2 is 2.20 bits per heavy atom. The third-order valence-corrected chi connectivity index (χ3v) is 6.58. The largest absolute Gasteiger partial charge is 0.386 e. The summed E-state index contributed by atoms with van der Waals surface area (Å²) < 4.78 is 16.1. The smallest absolute Gasteiger partial charge is 0.144 e. The maximum Gasteiger partial charge on any atom is 0.144 e. The van der Waals surface area contributed by atoms with E-state index in [1.807, 2.05) is 19.4 Å². The molecule has 1 aliphatic carbocycles. The number of fused-ring (bicyclic) bond motifs is 4. The summed E-state index contributed by atoms with van der Waals surface area (Å²) >= 11 is 0. The lowest BCUT2D eigenvalue weighted by Crippen LogP contribution is -2.71. The van der Waals surface area contributed by atoms with Crippen molar-refractivity contribution in [2.45, 2.75) is 24.9 Å². The Hall–Kier alpha value is -3.20. The third kappa shape index (κ3) is 2.44. The van der Waals surface area contributed by atoms with Crippen LogP contribution in [-0.2, 0) is 13.5 Å². The van der Waals surface area contributed by atoms with Crippen LogP contribution < -0.4 is 16.0 Å². The molecule has 0 amide bonds. The van der Waals surface area contributed by atoms with Gasteiger partial charge in [-0.3, -0.25) is 4.68 Å². The van der Waals surface area contributed by atoms with E-state index in [2.05, 4.69) is 20.3 Å². The van der Waals surface area contributed by atoms with Crippen LogP contribution in [0.1, 0.15) is 17.8 Å². The average Bonchev–Trinajstić information content (AvgIpc) is 3.28. The van der Waals surface area contributed by atoms with Crippen LogP contribution >= 0.6 is 0 Å². The first-order valence-electron chi connectivity index (χ1n) is 10.2. The number of hydrogen-bond donors (Lipinski definition) is 3. The van der Waals surface area contributed by atoms with Crippen LogP contribution in [0.25, 0.3) is 21.9 Å². The van der Waals surface area contributed by atoms with Crippen LogP contribution in [0.5, 0.6) is 0 Å². The molecule has 4 aromatic rings. The van der Waals surface area contributed by atoms with E-state index in [-0.39, 0.29) is 11.9 Å². The van der Waals surface area contributed by atoms with Crippen LogP contribution in [0.2, 0.25) is 0 Å². The molecule has 30 heavy (non-hydrogen) atoms. The van der Waals surface area contributed by atoms with Gasteiger partial charge in [-0.2, -0.15) is 5.10 Å². The fraction of sp³-hybridized carbons (Fsp3) is 0.381. The highest BCUT2D eigenvalue weighted by molar-refractivity contribution is 6.14. The van der Waals surface area contributed by atoms with Crippen molar-refractivity contribution in [2.75, 3.05) is 23.8 Å². The normalized spacial score (nSPS) is 22.8. The van der Waals surface area contributed by atoms with Gasteiger partial charge in [0.25, 0.3) is 0 Å². The van der Waals surface area contributed by atoms with E-state index in [1.165, 1.54) is 6.07 Å². The second-order valence-electron chi connectivity index (χ2n) is 8.42. The number of halogens is 1. The van der Waals surface area contributed by atoms with Crippen molar-refractivity contribution in [3.8, 4) is 0 Å². The molecular formula is C21H23FN8. The number of piperidine rings is 1. The van der Waals surface area contributed by atoms with E-state index in [0.717, 1.165) is 52.1 Å². The molecule has 2 fully saturated rings. The summed E-state index contributed by atoms with van der Waals surface area (Å²) in [5.74, 6) is 1.82. The summed E-state index contributed by atoms with van der Waals surface area (Å²) in [6, 6.07) is 3.74. The fourth-order valence-electron chi connectivity index (χ4n) is 4.92. The Labute approximate surface area is 172 Å². The number of H-pyrrole nitrogens is 1. The van der Waals surface area contributed by atoms with Crippen LogP contribution in [-0.4, -0.2) is 50.4 Å². The number of benzene rings is 1. The Morgan fingerprint density at radius 3 is 2.87 bits per heavy atom. The van der Waals surface area contributed by atoms with E-state index < -0.39 is 0 Å². The van der Waals surface area contributed by atoms with Crippen LogP contribution in [0.15, 0.2) is 24.5 Å². The van der Waals surface area contributed by atoms with Crippen LogP contribution in [0.4, 0.5) is 15.9 Å². The first kappa shape index (κ1) is 17.6. The minimum atomic E-state index is -0.287. The second kappa shape index (κ2) is 6.15. The minimum Gasteiger partial charge on any atom is -0.386 e. The standard InChI is InChI=1S/C21H23FN8/c1-24-15-5-11(22)4-12-18-20(28-19(12)15)26-17(3-10-7-25-29(2)8-10)27-21(18)30-9-13-14(23)6-16(13)30/h4-5,7-8,13-14,16,24H,3,6,9,23H2,1-2H3,(H,26,27,28)/t13?,14-,16+/m1/s1. The summed E-state index contributed by atoms with van der Waals surface area (Å²) in [5, 5.41) is 8.99. The van der Waals surface area contributed by atoms with Crippen molar-refractivity contribution in [1.29, 1.82) is 0 Å². The van der Waals surface area contributed by atoms with Gasteiger partial charge in [0.05, 0.1) is 22.8 Å². The molecular weight excluding hydrogens is 383 g/mol. The zero-order valence-electron chi connectivity index (χ0n) is 16.9. The molecule has 6 rings (SSSR count). The maximum atomic E-state index is 14.4. The molecule has 4 N–H and O–H groups in total. The number of hydrogen-bond acceptors (Lipinski definition) is 6. The van der Waals surface area contributed by atoms with Crippen molar-refractivity contribution >= 4 is 33.4 Å². The predicted octanol–water partition coefficient (Wildman–Crippen LogP) is 2.15. The van der Waals surface area contributed by atoms with E-state index in [4.69, 9.17) is 15.7 Å². The molecule has 1 saturated heterocycles. The zero-order chi connectivity index (χ0) is 20.6. The molecule has 9 heteroatoms. The first-order chi connectivity index (χ1) is 14.5. The van der Waals surface area contributed by atoms with E-state index >= 15 is 0 Å². The SMILES string of the molecule is CNc1cc(F)cc2c1[nH]c1nc(Cc3cnn(C)c3)nc(N3CC4[C@H](N)C[C@@H]43)c12. The Bertz CT molecular complexity index is 1290. The number of nitrogens with zero attached hydrogens (tertiary/aromatic N) is 5. The Morgan fingerprint density at radius 1 is 1.33 bits per heavy atom. The van der Waals surface area contributed by atoms with Gasteiger partial charge < -0.3 is 20.9 Å². The van der Waals surface area contributed by atoms with Crippen molar-refractivity contribution in [3.05, 3.63) is 41.7 Å². The summed E-state index contributed by atoms with van der Waals surface area (Å²) in [6.07, 6.45) is 5.35. The number of nitrogens with one attached hydrogen (secondary N) is 2. The molecule has 1 aliphatic heterocycles. The fourth-order valence-corrected chi connectivity index (χ4v) is 4.92. The monoisotopic (exact) mass is 406 g/mol. The van der Waals surface area contributed by atoms with Gasteiger partial charge in [-0.15, -0.1) is 0 Å². The molecule has 1 aromatic carbocycles. The number of rotatable bonds is 4. The van der Waals surface area contributed by atoms with Gasteiger partial charge in [-0.1, -0.05) is 0 Å². The molecule has 2 aliphatic rings. The van der Waals surface area contributed by atoms with Crippen LogP contribution in [0, 0.1) is 11.7 Å². The molecule has 8 nitrogen and oxygen atoms in total. The molecule has 4 heterocycles. The van der Waals surface area contributed by atoms with Gasteiger partial charge in [0.1, 0.15) is 23.1 Å². The summed E-state index contributed by atoms with van der Waals surface area (Å²) in [7, 11) is 3.68. The van der Waals surface area contributed by atoms with Gasteiger partial charge in [-0.25, -0.2) is 14.4 Å². The van der Waals surface area contributed by atoms with Gasteiger partial charge >= 0.3 is 0 Å². The topological polar surface area (TPSA) is 101 Å². The molecule has 0 spiro atoms. The molecule has 0 radical (unpaired) electrons. The number of aryl methyl sites for hydroxylation is 1. The van der Waals surface area contributed by atoms with Gasteiger partial charge in [0, 0.05) is 56.6 Å². The highest BCUT2D eigenvalue weighted by Crippen LogP contribution is 2.46. The molecule has 3 atom stereocenters. The number of aromatic amines is 1. The molecule has 0 bridgehead atoms. The summed E-state index contributed by atoms with van der Waals surface area (Å²) in [6.45, 7) is 0.880. The van der Waals surface area contributed by atoms with E-state index in [1.54, 1.807) is 17.8 Å². The molecule has 154 valence electrons. The van der Waals surface area contributed by atoms with Gasteiger partial charge in [-0.05, 0) is 24.1 Å². The highest BCUT2D eigenvalue weighted by atomic mass is 19.1. The van der Waals surface area contributed by atoms with Crippen molar-refractivity contribution in [2.24, 2.45) is 18.7 Å². The Kier molecular flexibility index (Phi) is 3.62. The zero-order valence-corrected chi connectivity index (χ0v) is 16.9. The van der Waals surface area contributed by atoms with Crippen molar-refractivity contribution < 1.29 is 4.39 Å². The van der Waals surface area contributed by atoms with Gasteiger partial charge in [0.2, 0.25) is 0 Å². The lowest BCUT2D eigenvalue weighted by Gasteiger charge is -2.59. The quantitative estimate of drug-likeness (QED) is 0.480. The molecule has 1 saturated carbocycles. The number of nitrogens with two attached hydrogens (primary N) is 1. The number of anilines is 2. The van der Waals surface area contributed by atoms with E-state index in [0.29, 0.717) is 24.1 Å². The predicted molar refractivity (Wildman–Crippen MR) is 114 cm³/mol. The lowest BCUT2D eigenvalue weighted by molar-refractivity contribution is 0.121. The van der Waals surface area contributed by atoms with Crippen LogP contribution in [0.3, 0.4) is 0 Å². The summed E-state index contributed by atoms with van der Waals surface area (Å²) in [5.41, 5.74) is 9.46. The van der Waals surface area contributed by atoms with Crippen molar-refractivity contribution in [1.82, 2.24) is 24.7 Å². The third-order valence-electron chi connectivity index (χ3n) is 6.58. The molecule has 3 aromatic heterocycles. The minimum absolute atomic E-state index is 0.273. The maximum absolute atomic E-state index is 14.4. The van der Waals surface area contributed by atoms with Crippen molar-refractivity contribution in [3.63, 3.8) is 0 Å². The lowest BCUT2D eigenvalue weighted by atomic mass is 9.67. The second-order valence-corrected chi connectivity index (χ2v) is 8.42. The van der Waals surface area contributed by atoms with Gasteiger partial charge in [0.15, 0.2) is 0 Å². The summed E-state index contributed by atoms with van der Waals surface area (Å²) in [4.78, 5) is 15.5. The number of aromatic nitrogens is 5. The van der Waals surface area contributed by atoms with E-state index in [9.17, 15) is 4.39 Å². The molecule has 1 unspecified atom stereocenters. The Balaban J connectivity index is 1.55.